The second-order valence-electron chi connectivity index (χ2n) is 6.09. The average Bonchev–Trinajstić information content (AvgIpc) is 2.43. The number of piperidine rings is 1. The van der Waals surface area contributed by atoms with Gasteiger partial charge in [-0.05, 0) is 43.4 Å². The van der Waals surface area contributed by atoms with Crippen LogP contribution in [-0.4, -0.2) is 53.9 Å². The third-order valence-corrected chi connectivity index (χ3v) is 5.70. The molecule has 2 fully saturated rings. The lowest BCUT2D eigenvalue weighted by molar-refractivity contribution is -0.0883. The van der Waals surface area contributed by atoms with E-state index in [-0.39, 0.29) is 24.4 Å². The average molecular weight is 321 g/mol. The summed E-state index contributed by atoms with van der Waals surface area (Å²) < 4.78 is 21.3. The first kappa shape index (κ1) is 16.7. The summed E-state index contributed by atoms with van der Waals surface area (Å²) in [5, 5.41) is 0. The highest BCUT2D eigenvalue weighted by atomic mass is 31.2. The van der Waals surface area contributed by atoms with E-state index < -0.39 is 7.60 Å². The molecule has 1 saturated carbocycles. The molecule has 21 heavy (non-hydrogen) atoms. The summed E-state index contributed by atoms with van der Waals surface area (Å²) in [6, 6.07) is 0. The van der Waals surface area contributed by atoms with E-state index in [9.17, 15) is 9.36 Å². The highest BCUT2D eigenvalue weighted by molar-refractivity contribution is 7.51. The van der Waals surface area contributed by atoms with Crippen molar-refractivity contribution in [2.45, 2.75) is 31.9 Å². The fourth-order valence-electron chi connectivity index (χ4n) is 3.74. The number of amides is 1. The Morgan fingerprint density at radius 2 is 1.95 bits per heavy atom. The summed E-state index contributed by atoms with van der Waals surface area (Å²) in [5.74, 6) is 0.777. The van der Waals surface area contributed by atoms with Crippen LogP contribution in [0.3, 0.4) is 0 Å². The van der Waals surface area contributed by atoms with Gasteiger partial charge in [-0.15, -0.1) is 0 Å². The number of nitrogens with zero attached hydrogens (tertiary/aromatic N) is 1. The second-order valence-corrected chi connectivity index (χ2v) is 7.79. The predicted molar refractivity (Wildman–Crippen MR) is 75.8 cm³/mol. The molecule has 2 rings (SSSR count). The topological polar surface area (TPSA) is 96.3 Å². The Morgan fingerprint density at radius 3 is 2.52 bits per heavy atom. The molecule has 1 aliphatic carbocycles. The molecule has 1 saturated heterocycles. The van der Waals surface area contributed by atoms with Crippen molar-refractivity contribution in [2.75, 3.05) is 26.9 Å². The van der Waals surface area contributed by atoms with Crippen LogP contribution in [0.25, 0.3) is 0 Å². The Morgan fingerprint density at radius 1 is 1.24 bits per heavy atom. The third-order valence-electron chi connectivity index (χ3n) is 4.71. The normalized spacial score (nSPS) is 33.4. The molecule has 1 heterocycles. The lowest BCUT2D eigenvalue weighted by atomic mass is 9.71. The van der Waals surface area contributed by atoms with E-state index in [1.165, 1.54) is 7.11 Å². The van der Waals surface area contributed by atoms with Crippen LogP contribution in [0.5, 0.6) is 0 Å². The lowest BCUT2D eigenvalue weighted by Crippen LogP contribution is -2.52. The Balaban J connectivity index is 2.00. The van der Waals surface area contributed by atoms with Gasteiger partial charge in [-0.1, -0.05) is 0 Å². The quantitative estimate of drug-likeness (QED) is 0.767. The van der Waals surface area contributed by atoms with Gasteiger partial charge in [0.05, 0.1) is 13.3 Å². The lowest BCUT2D eigenvalue weighted by Gasteiger charge is -2.46. The van der Waals surface area contributed by atoms with Crippen LogP contribution in [0, 0.1) is 17.8 Å². The molecule has 0 aromatic heterocycles. The van der Waals surface area contributed by atoms with Crippen LogP contribution < -0.4 is 0 Å². The molecule has 1 aliphatic heterocycles. The molecule has 0 aromatic carbocycles. The van der Waals surface area contributed by atoms with Crippen molar-refractivity contribution in [3.8, 4) is 0 Å². The predicted octanol–water partition coefficient (Wildman–Crippen LogP) is 1.64. The molecule has 2 aliphatic rings. The first-order chi connectivity index (χ1) is 9.84. The maximum atomic E-state index is 11.8. The molecule has 122 valence electrons. The number of rotatable bonds is 3. The highest BCUT2D eigenvalue weighted by Gasteiger charge is 2.42. The molecule has 4 atom stereocenters. The highest BCUT2D eigenvalue weighted by Crippen LogP contribution is 2.46. The monoisotopic (exact) mass is 321 g/mol. The maximum Gasteiger partial charge on any atom is 0.411 e. The fourth-order valence-corrected chi connectivity index (χ4v) is 4.75. The van der Waals surface area contributed by atoms with Gasteiger partial charge >= 0.3 is 13.7 Å². The molecule has 0 radical (unpaired) electrons. The van der Waals surface area contributed by atoms with Crippen LogP contribution >= 0.6 is 7.60 Å². The van der Waals surface area contributed by atoms with E-state index in [4.69, 9.17) is 19.3 Å². The zero-order chi connectivity index (χ0) is 15.6. The Bertz CT molecular complexity index is 425. The van der Waals surface area contributed by atoms with Crippen molar-refractivity contribution in [2.24, 2.45) is 17.8 Å². The second kappa shape index (κ2) is 6.65. The number of carbonyl (C=O) groups is 1. The van der Waals surface area contributed by atoms with Gasteiger partial charge in [0.1, 0.15) is 6.23 Å². The van der Waals surface area contributed by atoms with Gasteiger partial charge in [0.25, 0.3) is 0 Å². The van der Waals surface area contributed by atoms with E-state index in [0.717, 1.165) is 19.3 Å². The summed E-state index contributed by atoms with van der Waals surface area (Å²) in [5.41, 5.74) is 0. The molecule has 3 unspecified atom stereocenters. The standard InChI is InChI=1S/C13H24NO6P/c1-19-12-6-11-5-9(8-21(16,17)18)3-4-10(11)7-14(12)13(15)20-2/h9-12H,3-8H2,1-2H3,(H2,16,17,18)/t9?,10-,11?,12?/m0/s1. The fraction of sp³-hybridized carbons (Fsp3) is 0.923. The zero-order valence-electron chi connectivity index (χ0n) is 12.5. The van der Waals surface area contributed by atoms with Crippen molar-refractivity contribution < 1.29 is 28.6 Å². The number of likely N-dealkylation sites (tertiary alicyclic amines) is 1. The van der Waals surface area contributed by atoms with Crippen LogP contribution in [0.15, 0.2) is 0 Å². The van der Waals surface area contributed by atoms with Crippen molar-refractivity contribution in [3.63, 3.8) is 0 Å². The van der Waals surface area contributed by atoms with Crippen molar-refractivity contribution >= 4 is 13.7 Å². The summed E-state index contributed by atoms with van der Waals surface area (Å²) in [7, 11) is -1.03. The summed E-state index contributed by atoms with van der Waals surface area (Å²) >= 11 is 0. The van der Waals surface area contributed by atoms with Gasteiger partial charge in [0, 0.05) is 13.7 Å². The Labute approximate surface area is 124 Å². The number of fused-ring (bicyclic) bond motifs is 1. The van der Waals surface area contributed by atoms with Crippen molar-refractivity contribution in [3.05, 3.63) is 0 Å². The number of hydrogen-bond donors (Lipinski definition) is 2. The molecule has 0 aromatic rings. The summed E-state index contributed by atoms with van der Waals surface area (Å²) in [4.78, 5) is 31.7. The van der Waals surface area contributed by atoms with Gasteiger partial charge in [-0.3, -0.25) is 9.46 Å². The minimum atomic E-state index is -3.95. The molecule has 1 amide bonds. The van der Waals surface area contributed by atoms with Gasteiger partial charge < -0.3 is 19.3 Å². The molecule has 0 spiro atoms. The van der Waals surface area contributed by atoms with Crippen LogP contribution in [-0.2, 0) is 14.0 Å². The van der Waals surface area contributed by atoms with Crippen LogP contribution in [0.4, 0.5) is 4.79 Å². The van der Waals surface area contributed by atoms with Gasteiger partial charge in [0.15, 0.2) is 0 Å². The first-order valence-corrected chi connectivity index (χ1v) is 9.05. The minimum Gasteiger partial charge on any atom is -0.453 e. The van der Waals surface area contributed by atoms with E-state index in [1.54, 1.807) is 12.0 Å². The van der Waals surface area contributed by atoms with Gasteiger partial charge in [-0.2, -0.15) is 0 Å². The third kappa shape index (κ3) is 4.19. The number of ether oxygens (including phenoxy) is 2. The first-order valence-electron chi connectivity index (χ1n) is 7.26. The van der Waals surface area contributed by atoms with E-state index in [0.29, 0.717) is 24.8 Å². The number of hydrogen-bond acceptors (Lipinski definition) is 4. The molecule has 7 nitrogen and oxygen atoms in total. The van der Waals surface area contributed by atoms with Crippen LogP contribution in [0.1, 0.15) is 25.7 Å². The molecular formula is C13H24NO6P. The van der Waals surface area contributed by atoms with E-state index in [2.05, 4.69) is 0 Å². The molecule has 8 heteroatoms. The van der Waals surface area contributed by atoms with E-state index >= 15 is 0 Å². The Kier molecular flexibility index (Phi) is 5.30. The smallest absolute Gasteiger partial charge is 0.411 e. The Hall–Kier alpha value is -0.620. The summed E-state index contributed by atoms with van der Waals surface area (Å²) in [6.07, 6.45) is 2.47. The number of methoxy groups -OCH3 is 2. The van der Waals surface area contributed by atoms with Crippen molar-refractivity contribution in [1.29, 1.82) is 0 Å². The van der Waals surface area contributed by atoms with E-state index in [1.807, 2.05) is 0 Å². The number of carbonyl (C=O) groups excluding carboxylic acids is 1. The zero-order valence-corrected chi connectivity index (χ0v) is 13.4. The van der Waals surface area contributed by atoms with Crippen molar-refractivity contribution in [1.82, 2.24) is 4.90 Å². The van der Waals surface area contributed by atoms with Gasteiger partial charge in [0.2, 0.25) is 0 Å². The summed E-state index contributed by atoms with van der Waals surface area (Å²) in [6.45, 7) is 0.596. The SMILES string of the molecule is COC(=O)N1C[C@@H]2CCC(CP(=O)(O)O)CC2CC1OC. The van der Waals surface area contributed by atoms with Crippen LogP contribution in [0.2, 0.25) is 0 Å². The molecular weight excluding hydrogens is 297 g/mol. The minimum absolute atomic E-state index is 0.0332. The molecule has 2 N–H and O–H groups in total. The van der Waals surface area contributed by atoms with Gasteiger partial charge in [-0.25, -0.2) is 4.79 Å². The maximum absolute atomic E-state index is 11.8. The molecule has 0 bridgehead atoms. The largest absolute Gasteiger partial charge is 0.453 e.